The van der Waals surface area contributed by atoms with Crippen LogP contribution in [0.15, 0.2) is 0 Å². The number of carbonyl (C=O) groups excluding carboxylic acids is 1. The molecular weight excluding hydrogens is 268 g/mol. The van der Waals surface area contributed by atoms with E-state index in [1.807, 2.05) is 20.8 Å². The molecule has 1 aliphatic rings. The summed E-state index contributed by atoms with van der Waals surface area (Å²) in [7, 11) is 0. The summed E-state index contributed by atoms with van der Waals surface area (Å²) in [5, 5.41) is 6.42. The first-order chi connectivity index (χ1) is 9.76. The summed E-state index contributed by atoms with van der Waals surface area (Å²) in [4.78, 5) is 11.6. The highest BCUT2D eigenvalue weighted by Crippen LogP contribution is 2.20. The van der Waals surface area contributed by atoms with E-state index in [2.05, 4.69) is 24.5 Å². The molecule has 5 heteroatoms. The monoisotopic (exact) mass is 300 g/mol. The molecule has 0 unspecified atom stereocenters. The zero-order chi connectivity index (χ0) is 15.9. The van der Waals surface area contributed by atoms with Crippen molar-refractivity contribution in [3.63, 3.8) is 0 Å². The second kappa shape index (κ2) is 8.59. The second-order valence-corrected chi connectivity index (χ2v) is 7.09. The third-order valence-electron chi connectivity index (χ3n) is 3.31. The average Bonchev–Trinajstić information content (AvgIpc) is 2.26. The lowest BCUT2D eigenvalue weighted by Gasteiger charge is -2.36. The van der Waals surface area contributed by atoms with Crippen LogP contribution in [0.2, 0.25) is 0 Å². The van der Waals surface area contributed by atoms with E-state index < -0.39 is 5.60 Å². The Labute approximate surface area is 129 Å². The molecular formula is C16H32N2O3. The van der Waals surface area contributed by atoms with Crippen LogP contribution in [0.25, 0.3) is 0 Å². The molecule has 1 fully saturated rings. The fourth-order valence-electron chi connectivity index (χ4n) is 2.23. The van der Waals surface area contributed by atoms with Gasteiger partial charge >= 0.3 is 6.09 Å². The molecule has 1 amide bonds. The molecule has 5 nitrogen and oxygen atoms in total. The molecule has 0 aromatic heterocycles. The standard InChI is InChI=1S/C16H32N2O3/c1-12(2)20-9-7-6-8-17-13-10-14(11-13)18-15(19)21-16(3,4)5/h12-14,17H,6-11H2,1-5H3,(H,18,19). The minimum absolute atomic E-state index is 0.252. The van der Waals surface area contributed by atoms with Gasteiger partial charge in [-0.25, -0.2) is 4.79 Å². The summed E-state index contributed by atoms with van der Waals surface area (Å²) in [6, 6.07) is 0.776. The zero-order valence-corrected chi connectivity index (χ0v) is 14.2. The van der Waals surface area contributed by atoms with Crippen LogP contribution >= 0.6 is 0 Å². The van der Waals surface area contributed by atoms with Gasteiger partial charge in [-0.3, -0.25) is 0 Å². The SMILES string of the molecule is CC(C)OCCCCNC1CC(NC(=O)OC(C)(C)C)C1. The predicted octanol–water partition coefficient (Wildman–Crippen LogP) is 2.84. The van der Waals surface area contributed by atoms with Crippen LogP contribution in [0.3, 0.4) is 0 Å². The molecule has 1 saturated carbocycles. The predicted molar refractivity (Wildman–Crippen MR) is 84.5 cm³/mol. The minimum atomic E-state index is -0.427. The van der Waals surface area contributed by atoms with Crippen LogP contribution in [0, 0.1) is 0 Å². The number of hydrogen-bond donors (Lipinski definition) is 2. The maximum Gasteiger partial charge on any atom is 0.407 e. The Morgan fingerprint density at radius 2 is 1.86 bits per heavy atom. The molecule has 0 aromatic rings. The fraction of sp³-hybridized carbons (Fsp3) is 0.938. The highest BCUT2D eigenvalue weighted by Gasteiger charge is 2.30. The smallest absolute Gasteiger partial charge is 0.407 e. The van der Waals surface area contributed by atoms with Crippen molar-refractivity contribution in [3.05, 3.63) is 0 Å². The van der Waals surface area contributed by atoms with Gasteiger partial charge in [-0.2, -0.15) is 0 Å². The molecule has 0 bridgehead atoms. The van der Waals surface area contributed by atoms with Gasteiger partial charge in [0.05, 0.1) is 6.10 Å². The fourth-order valence-corrected chi connectivity index (χ4v) is 2.23. The Morgan fingerprint density at radius 3 is 2.43 bits per heavy atom. The number of unbranched alkanes of at least 4 members (excludes halogenated alkanes) is 1. The van der Waals surface area contributed by atoms with Gasteiger partial charge in [0.15, 0.2) is 0 Å². The maximum atomic E-state index is 11.6. The van der Waals surface area contributed by atoms with E-state index in [0.717, 1.165) is 38.8 Å². The molecule has 0 radical (unpaired) electrons. The lowest BCUT2D eigenvalue weighted by molar-refractivity contribution is 0.0464. The number of amides is 1. The van der Waals surface area contributed by atoms with Crippen molar-refractivity contribution in [3.8, 4) is 0 Å². The first-order valence-electron chi connectivity index (χ1n) is 8.11. The highest BCUT2D eigenvalue weighted by atomic mass is 16.6. The van der Waals surface area contributed by atoms with E-state index in [0.29, 0.717) is 12.1 Å². The van der Waals surface area contributed by atoms with Crippen molar-refractivity contribution >= 4 is 6.09 Å². The van der Waals surface area contributed by atoms with Gasteiger partial charge in [-0.15, -0.1) is 0 Å². The molecule has 21 heavy (non-hydrogen) atoms. The minimum Gasteiger partial charge on any atom is -0.444 e. The van der Waals surface area contributed by atoms with Crippen molar-refractivity contribution in [1.82, 2.24) is 10.6 Å². The van der Waals surface area contributed by atoms with Crippen LogP contribution in [-0.4, -0.2) is 43.0 Å². The summed E-state index contributed by atoms with van der Waals surface area (Å²) < 4.78 is 10.7. The van der Waals surface area contributed by atoms with E-state index in [9.17, 15) is 4.79 Å². The molecule has 2 N–H and O–H groups in total. The van der Waals surface area contributed by atoms with Crippen LogP contribution < -0.4 is 10.6 Å². The third-order valence-corrected chi connectivity index (χ3v) is 3.31. The normalized spacial score (nSPS) is 22.0. The van der Waals surface area contributed by atoms with E-state index in [1.54, 1.807) is 0 Å². The lowest BCUT2D eigenvalue weighted by atomic mass is 9.87. The third kappa shape index (κ3) is 8.94. The molecule has 0 aliphatic heterocycles. The number of nitrogens with one attached hydrogen (secondary N) is 2. The molecule has 0 aromatic carbocycles. The molecule has 1 aliphatic carbocycles. The van der Waals surface area contributed by atoms with Gasteiger partial charge in [0.2, 0.25) is 0 Å². The topological polar surface area (TPSA) is 59.6 Å². The van der Waals surface area contributed by atoms with Crippen LogP contribution in [0.4, 0.5) is 4.79 Å². The number of hydrogen-bond acceptors (Lipinski definition) is 4. The van der Waals surface area contributed by atoms with Crippen LogP contribution in [-0.2, 0) is 9.47 Å². The van der Waals surface area contributed by atoms with Crippen LogP contribution in [0.1, 0.15) is 60.3 Å². The Bertz CT molecular complexity index is 307. The van der Waals surface area contributed by atoms with Gasteiger partial charge in [-0.1, -0.05) is 0 Å². The molecule has 124 valence electrons. The molecule has 0 atom stereocenters. The summed E-state index contributed by atoms with van der Waals surface area (Å²) in [5.41, 5.74) is -0.427. The van der Waals surface area contributed by atoms with E-state index >= 15 is 0 Å². The lowest BCUT2D eigenvalue weighted by Crippen LogP contribution is -2.53. The second-order valence-electron chi connectivity index (χ2n) is 7.09. The summed E-state index contributed by atoms with van der Waals surface area (Å²) in [6.07, 6.45) is 4.22. The van der Waals surface area contributed by atoms with E-state index in [-0.39, 0.29) is 12.1 Å². The van der Waals surface area contributed by atoms with E-state index in [4.69, 9.17) is 9.47 Å². The van der Waals surface area contributed by atoms with Gasteiger partial charge in [0.25, 0.3) is 0 Å². The average molecular weight is 300 g/mol. The van der Waals surface area contributed by atoms with Crippen molar-refractivity contribution in [1.29, 1.82) is 0 Å². The number of alkyl carbamates (subject to hydrolysis) is 1. The first-order valence-corrected chi connectivity index (χ1v) is 8.11. The van der Waals surface area contributed by atoms with Gasteiger partial charge in [-0.05, 0) is 66.8 Å². The highest BCUT2D eigenvalue weighted by molar-refractivity contribution is 5.68. The Morgan fingerprint density at radius 1 is 1.19 bits per heavy atom. The largest absolute Gasteiger partial charge is 0.444 e. The first kappa shape index (κ1) is 18.2. The van der Waals surface area contributed by atoms with Crippen molar-refractivity contribution < 1.29 is 14.3 Å². The van der Waals surface area contributed by atoms with Crippen molar-refractivity contribution in [2.75, 3.05) is 13.2 Å². The molecule has 0 heterocycles. The Hall–Kier alpha value is -0.810. The summed E-state index contributed by atoms with van der Waals surface area (Å²) >= 11 is 0. The zero-order valence-electron chi connectivity index (χ0n) is 14.2. The Balaban J connectivity index is 1.95. The summed E-state index contributed by atoms with van der Waals surface area (Å²) in [6.45, 7) is 11.6. The quantitative estimate of drug-likeness (QED) is 0.677. The number of ether oxygens (including phenoxy) is 2. The van der Waals surface area contributed by atoms with Gasteiger partial charge < -0.3 is 20.1 Å². The van der Waals surface area contributed by atoms with E-state index in [1.165, 1.54) is 0 Å². The molecule has 0 saturated heterocycles. The van der Waals surface area contributed by atoms with Gasteiger partial charge in [0, 0.05) is 18.7 Å². The van der Waals surface area contributed by atoms with Crippen molar-refractivity contribution in [2.24, 2.45) is 0 Å². The molecule has 1 rings (SSSR count). The summed E-state index contributed by atoms with van der Waals surface area (Å²) in [5.74, 6) is 0. The van der Waals surface area contributed by atoms with Crippen LogP contribution in [0.5, 0.6) is 0 Å². The van der Waals surface area contributed by atoms with Gasteiger partial charge in [0.1, 0.15) is 5.60 Å². The Kier molecular flexibility index (Phi) is 7.46. The number of carbonyl (C=O) groups is 1. The van der Waals surface area contributed by atoms with Crippen molar-refractivity contribution in [2.45, 2.75) is 84.1 Å². The maximum absolute atomic E-state index is 11.6. The molecule has 0 spiro atoms. The number of rotatable bonds is 8.